The van der Waals surface area contributed by atoms with Crippen molar-refractivity contribution in [1.29, 1.82) is 0 Å². The summed E-state index contributed by atoms with van der Waals surface area (Å²) in [6.45, 7) is 4.51. The van der Waals surface area contributed by atoms with Crippen molar-refractivity contribution in [3.05, 3.63) is 34.6 Å². The Morgan fingerprint density at radius 2 is 1.83 bits per heavy atom. The number of hydrogen-bond donors (Lipinski definition) is 1. The molecule has 1 aromatic carbocycles. The van der Waals surface area contributed by atoms with Gasteiger partial charge in [-0.3, -0.25) is 0 Å². The summed E-state index contributed by atoms with van der Waals surface area (Å²) in [4.78, 5) is 0. The van der Waals surface area contributed by atoms with Crippen molar-refractivity contribution >= 4 is 11.6 Å². The zero-order chi connectivity index (χ0) is 13.3. The molecule has 0 heterocycles. The summed E-state index contributed by atoms with van der Waals surface area (Å²) in [6.07, 6.45) is 3.41. The largest absolute Gasteiger partial charge is 0.324 e. The Labute approximate surface area is 114 Å². The van der Waals surface area contributed by atoms with Crippen LogP contribution in [0.2, 0.25) is 5.02 Å². The first kappa shape index (κ1) is 13.8. The maximum absolute atomic E-state index is 14.0. The average molecular weight is 270 g/mol. The fraction of sp³-hybridized carbons (Fsp3) is 0.600. The van der Waals surface area contributed by atoms with Gasteiger partial charge in [0.15, 0.2) is 0 Å². The minimum Gasteiger partial charge on any atom is -0.324 e. The van der Waals surface area contributed by atoms with Gasteiger partial charge < -0.3 is 5.73 Å². The van der Waals surface area contributed by atoms with Crippen LogP contribution >= 0.6 is 11.6 Å². The number of hydrogen-bond acceptors (Lipinski definition) is 1. The van der Waals surface area contributed by atoms with Gasteiger partial charge in [-0.15, -0.1) is 0 Å². The summed E-state index contributed by atoms with van der Waals surface area (Å²) in [6, 6.07) is 4.86. The number of nitrogens with two attached hydrogens (primary N) is 1. The summed E-state index contributed by atoms with van der Waals surface area (Å²) in [5.74, 6) is 1.35. The molecule has 3 unspecified atom stereocenters. The van der Waals surface area contributed by atoms with Crippen LogP contribution in [0.1, 0.15) is 44.7 Å². The Balaban J connectivity index is 2.20. The minimum atomic E-state index is -0.349. The molecule has 0 saturated heterocycles. The second-order valence-electron chi connectivity index (χ2n) is 5.85. The summed E-state index contributed by atoms with van der Waals surface area (Å²) in [7, 11) is 0. The van der Waals surface area contributed by atoms with Crippen LogP contribution in [0.5, 0.6) is 0 Å². The second kappa shape index (κ2) is 5.58. The van der Waals surface area contributed by atoms with E-state index in [4.69, 9.17) is 17.3 Å². The van der Waals surface area contributed by atoms with Gasteiger partial charge in [0.05, 0.1) is 5.02 Å². The molecule has 0 bridgehead atoms. The number of rotatable bonds is 2. The standard InChI is InChI=1S/C15H21ClFN/c1-9-6-10(2)8-11(7-9)15(18)12-4-3-5-13(16)14(12)17/h3-5,9-11,15H,6-8,18H2,1-2H3. The van der Waals surface area contributed by atoms with E-state index < -0.39 is 0 Å². The zero-order valence-electron chi connectivity index (χ0n) is 11.0. The summed E-state index contributed by atoms with van der Waals surface area (Å²) < 4.78 is 14.0. The van der Waals surface area contributed by atoms with Gasteiger partial charge in [-0.05, 0) is 43.1 Å². The van der Waals surface area contributed by atoms with Gasteiger partial charge in [0.25, 0.3) is 0 Å². The smallest absolute Gasteiger partial charge is 0.146 e. The van der Waals surface area contributed by atoms with Gasteiger partial charge in [0.2, 0.25) is 0 Å². The Morgan fingerprint density at radius 3 is 2.44 bits per heavy atom. The lowest BCUT2D eigenvalue weighted by atomic mass is 9.72. The van der Waals surface area contributed by atoms with Crippen LogP contribution in [0.15, 0.2) is 18.2 Å². The lowest BCUT2D eigenvalue weighted by Crippen LogP contribution is -2.29. The molecule has 100 valence electrons. The number of benzene rings is 1. The van der Waals surface area contributed by atoms with Crippen LogP contribution in [0.3, 0.4) is 0 Å². The molecular weight excluding hydrogens is 249 g/mol. The Hall–Kier alpha value is -0.600. The molecule has 1 aliphatic carbocycles. The molecule has 3 atom stereocenters. The molecule has 2 N–H and O–H groups in total. The fourth-order valence-corrected chi connectivity index (χ4v) is 3.52. The Bertz CT molecular complexity index is 411. The maximum Gasteiger partial charge on any atom is 0.146 e. The van der Waals surface area contributed by atoms with E-state index in [1.165, 1.54) is 6.42 Å². The average Bonchev–Trinajstić information content (AvgIpc) is 2.30. The van der Waals surface area contributed by atoms with Crippen molar-refractivity contribution in [2.45, 2.75) is 39.2 Å². The van der Waals surface area contributed by atoms with E-state index in [0.29, 0.717) is 23.3 Å². The summed E-state index contributed by atoms with van der Waals surface area (Å²) in [5.41, 5.74) is 6.83. The Morgan fingerprint density at radius 1 is 1.22 bits per heavy atom. The van der Waals surface area contributed by atoms with Crippen LogP contribution in [-0.2, 0) is 0 Å². The first-order valence-corrected chi connectivity index (χ1v) is 7.06. The third-order valence-electron chi connectivity index (χ3n) is 4.06. The van der Waals surface area contributed by atoms with Crippen molar-refractivity contribution in [2.24, 2.45) is 23.5 Å². The van der Waals surface area contributed by atoms with Crippen molar-refractivity contribution in [3.8, 4) is 0 Å². The molecule has 1 aliphatic rings. The fourth-order valence-electron chi connectivity index (χ4n) is 3.33. The predicted octanol–water partition coefficient (Wildman–Crippen LogP) is 4.55. The van der Waals surface area contributed by atoms with Crippen LogP contribution in [0.4, 0.5) is 4.39 Å². The third kappa shape index (κ3) is 2.86. The molecule has 1 nitrogen and oxygen atoms in total. The van der Waals surface area contributed by atoms with Gasteiger partial charge in [0, 0.05) is 11.6 Å². The molecular formula is C15H21ClFN. The normalized spacial score (nSPS) is 30.2. The van der Waals surface area contributed by atoms with Gasteiger partial charge >= 0.3 is 0 Å². The highest BCUT2D eigenvalue weighted by Gasteiger charge is 2.30. The van der Waals surface area contributed by atoms with E-state index >= 15 is 0 Å². The predicted molar refractivity (Wildman–Crippen MR) is 74.0 cm³/mol. The van der Waals surface area contributed by atoms with E-state index in [1.54, 1.807) is 18.2 Å². The van der Waals surface area contributed by atoms with Crippen molar-refractivity contribution in [1.82, 2.24) is 0 Å². The first-order chi connectivity index (χ1) is 8.49. The molecule has 2 rings (SSSR count). The molecule has 18 heavy (non-hydrogen) atoms. The monoisotopic (exact) mass is 269 g/mol. The summed E-state index contributed by atoms with van der Waals surface area (Å²) in [5, 5.41) is 0.167. The molecule has 0 amide bonds. The van der Waals surface area contributed by atoms with Crippen LogP contribution in [0.25, 0.3) is 0 Å². The van der Waals surface area contributed by atoms with Crippen LogP contribution in [0, 0.1) is 23.6 Å². The molecule has 1 fully saturated rings. The van der Waals surface area contributed by atoms with E-state index in [-0.39, 0.29) is 16.9 Å². The SMILES string of the molecule is CC1CC(C)CC(C(N)c2cccc(Cl)c2F)C1. The summed E-state index contributed by atoms with van der Waals surface area (Å²) >= 11 is 5.82. The molecule has 0 spiro atoms. The second-order valence-corrected chi connectivity index (χ2v) is 6.25. The lowest BCUT2D eigenvalue weighted by molar-refractivity contribution is 0.192. The van der Waals surface area contributed by atoms with Gasteiger partial charge in [-0.2, -0.15) is 0 Å². The third-order valence-corrected chi connectivity index (χ3v) is 4.36. The van der Waals surface area contributed by atoms with Gasteiger partial charge in [-0.1, -0.05) is 37.6 Å². The topological polar surface area (TPSA) is 26.0 Å². The van der Waals surface area contributed by atoms with Crippen LogP contribution in [-0.4, -0.2) is 0 Å². The Kier molecular flexibility index (Phi) is 4.29. The van der Waals surface area contributed by atoms with Gasteiger partial charge in [0.1, 0.15) is 5.82 Å². The molecule has 1 aromatic rings. The van der Waals surface area contributed by atoms with E-state index in [1.807, 2.05) is 0 Å². The lowest BCUT2D eigenvalue weighted by Gasteiger charge is -2.35. The molecule has 0 radical (unpaired) electrons. The molecule has 0 aromatic heterocycles. The minimum absolute atomic E-state index is 0.167. The molecule has 0 aliphatic heterocycles. The van der Waals surface area contributed by atoms with Crippen molar-refractivity contribution in [2.75, 3.05) is 0 Å². The highest BCUT2D eigenvalue weighted by Crippen LogP contribution is 2.39. The number of halogens is 2. The van der Waals surface area contributed by atoms with E-state index in [9.17, 15) is 4.39 Å². The highest BCUT2D eigenvalue weighted by atomic mass is 35.5. The maximum atomic E-state index is 14.0. The zero-order valence-corrected chi connectivity index (χ0v) is 11.8. The first-order valence-electron chi connectivity index (χ1n) is 6.68. The van der Waals surface area contributed by atoms with E-state index in [0.717, 1.165) is 12.8 Å². The highest BCUT2D eigenvalue weighted by molar-refractivity contribution is 6.30. The van der Waals surface area contributed by atoms with Gasteiger partial charge in [-0.25, -0.2) is 4.39 Å². The molecule has 1 saturated carbocycles. The van der Waals surface area contributed by atoms with Crippen molar-refractivity contribution < 1.29 is 4.39 Å². The van der Waals surface area contributed by atoms with Crippen LogP contribution < -0.4 is 5.73 Å². The molecule has 3 heteroatoms. The van der Waals surface area contributed by atoms with E-state index in [2.05, 4.69) is 13.8 Å². The van der Waals surface area contributed by atoms with Crippen molar-refractivity contribution in [3.63, 3.8) is 0 Å². The quantitative estimate of drug-likeness (QED) is 0.837.